The topological polar surface area (TPSA) is 23.5 Å². The number of benzene rings is 1. The zero-order chi connectivity index (χ0) is 9.97. The standard InChI is InChI=1S/C11H14FNO/c12-5-11(14)8-13-6-9-3-1-2-4-10(9)7-13/h1-4,11,14H,5-8H2/t11-/m0/s1. The van der Waals surface area contributed by atoms with Crippen LogP contribution in [-0.2, 0) is 13.1 Å². The molecule has 76 valence electrons. The van der Waals surface area contributed by atoms with Gasteiger partial charge in [0.15, 0.2) is 0 Å². The molecule has 0 aliphatic carbocycles. The van der Waals surface area contributed by atoms with Crippen molar-refractivity contribution in [1.29, 1.82) is 0 Å². The van der Waals surface area contributed by atoms with Gasteiger partial charge in [0.25, 0.3) is 0 Å². The van der Waals surface area contributed by atoms with E-state index in [1.54, 1.807) is 0 Å². The van der Waals surface area contributed by atoms with Crippen LogP contribution in [0.25, 0.3) is 0 Å². The van der Waals surface area contributed by atoms with E-state index in [1.807, 2.05) is 12.1 Å². The number of rotatable bonds is 3. The molecule has 1 aliphatic heterocycles. The second kappa shape index (κ2) is 4.07. The van der Waals surface area contributed by atoms with Gasteiger partial charge < -0.3 is 5.11 Å². The summed E-state index contributed by atoms with van der Waals surface area (Å²) in [5.41, 5.74) is 2.58. The third kappa shape index (κ3) is 1.94. The van der Waals surface area contributed by atoms with Gasteiger partial charge in [-0.25, -0.2) is 4.39 Å². The molecule has 0 aromatic heterocycles. The monoisotopic (exact) mass is 195 g/mol. The summed E-state index contributed by atoms with van der Waals surface area (Å²) in [5.74, 6) is 0. The first-order chi connectivity index (χ1) is 6.79. The third-order valence-electron chi connectivity index (χ3n) is 2.55. The van der Waals surface area contributed by atoms with Crippen LogP contribution in [0.5, 0.6) is 0 Å². The molecule has 0 unspecified atom stereocenters. The van der Waals surface area contributed by atoms with Crippen LogP contribution in [0.3, 0.4) is 0 Å². The van der Waals surface area contributed by atoms with Crippen LogP contribution in [-0.4, -0.2) is 29.3 Å². The Morgan fingerprint density at radius 3 is 2.36 bits per heavy atom. The molecule has 1 aliphatic rings. The minimum absolute atomic E-state index is 0.422. The van der Waals surface area contributed by atoms with Crippen molar-refractivity contribution in [3.8, 4) is 0 Å². The van der Waals surface area contributed by atoms with E-state index in [9.17, 15) is 9.50 Å². The van der Waals surface area contributed by atoms with E-state index in [1.165, 1.54) is 11.1 Å². The van der Waals surface area contributed by atoms with Crippen molar-refractivity contribution in [1.82, 2.24) is 4.90 Å². The van der Waals surface area contributed by atoms with Crippen molar-refractivity contribution in [2.24, 2.45) is 0 Å². The van der Waals surface area contributed by atoms with Crippen LogP contribution >= 0.6 is 0 Å². The summed E-state index contributed by atoms with van der Waals surface area (Å²) in [6, 6.07) is 8.18. The summed E-state index contributed by atoms with van der Waals surface area (Å²) in [6.07, 6.45) is -0.843. The largest absolute Gasteiger partial charge is 0.389 e. The van der Waals surface area contributed by atoms with Crippen LogP contribution in [0, 0.1) is 0 Å². The summed E-state index contributed by atoms with van der Waals surface area (Å²) in [5, 5.41) is 9.18. The van der Waals surface area contributed by atoms with Gasteiger partial charge in [0.2, 0.25) is 0 Å². The molecule has 0 saturated heterocycles. The Bertz CT molecular complexity index is 291. The Hall–Kier alpha value is -0.930. The van der Waals surface area contributed by atoms with Crippen LogP contribution in [0.4, 0.5) is 4.39 Å². The highest BCUT2D eigenvalue weighted by Crippen LogP contribution is 2.21. The van der Waals surface area contributed by atoms with Gasteiger partial charge in [-0.05, 0) is 11.1 Å². The number of fused-ring (bicyclic) bond motifs is 1. The molecule has 1 heterocycles. The zero-order valence-electron chi connectivity index (χ0n) is 7.99. The lowest BCUT2D eigenvalue weighted by molar-refractivity contribution is 0.0887. The Morgan fingerprint density at radius 2 is 1.86 bits per heavy atom. The summed E-state index contributed by atoms with van der Waals surface area (Å²) >= 11 is 0. The lowest BCUT2D eigenvalue weighted by Crippen LogP contribution is -2.29. The highest BCUT2D eigenvalue weighted by atomic mass is 19.1. The van der Waals surface area contributed by atoms with E-state index >= 15 is 0 Å². The van der Waals surface area contributed by atoms with E-state index in [4.69, 9.17) is 0 Å². The van der Waals surface area contributed by atoms with E-state index in [0.717, 1.165) is 13.1 Å². The first-order valence-corrected chi connectivity index (χ1v) is 4.83. The fraction of sp³-hybridized carbons (Fsp3) is 0.455. The molecule has 2 rings (SSSR count). The molecule has 1 N–H and O–H groups in total. The predicted octanol–water partition coefficient (Wildman–Crippen LogP) is 1.33. The summed E-state index contributed by atoms with van der Waals surface area (Å²) in [6.45, 7) is 1.42. The number of hydrogen-bond donors (Lipinski definition) is 1. The second-order valence-electron chi connectivity index (χ2n) is 3.75. The quantitative estimate of drug-likeness (QED) is 0.786. The summed E-state index contributed by atoms with van der Waals surface area (Å²) in [4.78, 5) is 2.06. The fourth-order valence-corrected chi connectivity index (χ4v) is 1.88. The number of alkyl halides is 1. The molecule has 0 amide bonds. The molecule has 0 spiro atoms. The highest BCUT2D eigenvalue weighted by molar-refractivity contribution is 5.30. The van der Waals surface area contributed by atoms with E-state index < -0.39 is 12.8 Å². The normalized spacial score (nSPS) is 18.1. The maximum absolute atomic E-state index is 12.1. The molecule has 0 bridgehead atoms. The predicted molar refractivity (Wildman–Crippen MR) is 52.5 cm³/mol. The molecule has 0 radical (unpaired) electrons. The maximum atomic E-state index is 12.1. The average molecular weight is 195 g/mol. The smallest absolute Gasteiger partial charge is 0.117 e. The van der Waals surface area contributed by atoms with Crippen molar-refractivity contribution < 1.29 is 9.50 Å². The van der Waals surface area contributed by atoms with Crippen molar-refractivity contribution in [3.63, 3.8) is 0 Å². The molecule has 2 nitrogen and oxygen atoms in total. The number of nitrogens with zero attached hydrogens (tertiary/aromatic N) is 1. The van der Waals surface area contributed by atoms with Crippen LogP contribution < -0.4 is 0 Å². The molecule has 0 saturated carbocycles. The summed E-state index contributed by atoms with van der Waals surface area (Å²) < 4.78 is 12.1. The van der Waals surface area contributed by atoms with E-state index in [2.05, 4.69) is 17.0 Å². The first kappa shape index (κ1) is 9.62. The van der Waals surface area contributed by atoms with Gasteiger partial charge in [-0.15, -0.1) is 0 Å². The Balaban J connectivity index is 1.98. The molecule has 1 atom stereocenters. The van der Waals surface area contributed by atoms with Crippen LogP contribution in [0.15, 0.2) is 24.3 Å². The number of halogens is 1. The van der Waals surface area contributed by atoms with Gasteiger partial charge in [-0.1, -0.05) is 24.3 Å². The van der Waals surface area contributed by atoms with Crippen LogP contribution in [0.2, 0.25) is 0 Å². The number of β-amino-alcohol motifs (C(OH)–C–C–N with tert-alkyl or cyclic N) is 1. The lowest BCUT2D eigenvalue weighted by atomic mass is 10.1. The number of aliphatic hydroxyl groups excluding tert-OH is 1. The Kier molecular flexibility index (Phi) is 2.79. The second-order valence-corrected chi connectivity index (χ2v) is 3.75. The molecular weight excluding hydrogens is 181 g/mol. The molecule has 1 aromatic carbocycles. The van der Waals surface area contributed by atoms with Crippen molar-refractivity contribution in [2.75, 3.05) is 13.2 Å². The average Bonchev–Trinajstić information content (AvgIpc) is 2.59. The van der Waals surface area contributed by atoms with Gasteiger partial charge >= 0.3 is 0 Å². The van der Waals surface area contributed by atoms with Crippen molar-refractivity contribution in [3.05, 3.63) is 35.4 Å². The minimum Gasteiger partial charge on any atom is -0.389 e. The number of aliphatic hydroxyl groups is 1. The van der Waals surface area contributed by atoms with Gasteiger partial charge in [-0.3, -0.25) is 4.90 Å². The van der Waals surface area contributed by atoms with Gasteiger partial charge in [0, 0.05) is 19.6 Å². The molecule has 14 heavy (non-hydrogen) atoms. The van der Waals surface area contributed by atoms with Crippen molar-refractivity contribution >= 4 is 0 Å². The fourth-order valence-electron chi connectivity index (χ4n) is 1.88. The van der Waals surface area contributed by atoms with Crippen molar-refractivity contribution in [2.45, 2.75) is 19.2 Å². The summed E-state index contributed by atoms with van der Waals surface area (Å²) in [7, 11) is 0. The highest BCUT2D eigenvalue weighted by Gasteiger charge is 2.20. The third-order valence-corrected chi connectivity index (χ3v) is 2.55. The minimum atomic E-state index is -0.843. The lowest BCUT2D eigenvalue weighted by Gasteiger charge is -2.16. The Labute approximate surface area is 83.0 Å². The molecule has 0 fully saturated rings. The number of hydrogen-bond acceptors (Lipinski definition) is 2. The maximum Gasteiger partial charge on any atom is 0.117 e. The Morgan fingerprint density at radius 1 is 1.29 bits per heavy atom. The zero-order valence-corrected chi connectivity index (χ0v) is 7.99. The molecule has 1 aromatic rings. The van der Waals surface area contributed by atoms with E-state index in [0.29, 0.717) is 6.54 Å². The molecule has 3 heteroatoms. The van der Waals surface area contributed by atoms with Gasteiger partial charge in [-0.2, -0.15) is 0 Å². The SMILES string of the molecule is O[C@@H](CF)CN1Cc2ccccc2C1. The van der Waals surface area contributed by atoms with Gasteiger partial charge in [0.1, 0.15) is 6.67 Å². The van der Waals surface area contributed by atoms with Gasteiger partial charge in [0.05, 0.1) is 6.10 Å². The van der Waals surface area contributed by atoms with Crippen LogP contribution in [0.1, 0.15) is 11.1 Å². The van der Waals surface area contributed by atoms with E-state index in [-0.39, 0.29) is 0 Å². The molecular formula is C11H14FNO. The first-order valence-electron chi connectivity index (χ1n) is 4.83.